The fourth-order valence-corrected chi connectivity index (χ4v) is 4.37. The number of nitrogens with one attached hydrogen (secondary N) is 3. The van der Waals surface area contributed by atoms with E-state index in [-0.39, 0.29) is 4.90 Å². The summed E-state index contributed by atoms with van der Waals surface area (Å²) in [6, 6.07) is 8.39. The first-order valence-electron chi connectivity index (χ1n) is 9.01. The van der Waals surface area contributed by atoms with Gasteiger partial charge in [-0.2, -0.15) is 0 Å². The van der Waals surface area contributed by atoms with E-state index in [1.165, 1.54) is 32.1 Å². The van der Waals surface area contributed by atoms with E-state index in [9.17, 15) is 8.42 Å². The fraction of sp³-hybridized carbons (Fsp3) is 0.611. The highest BCUT2D eigenvalue weighted by Crippen LogP contribution is 2.40. The third kappa shape index (κ3) is 5.71. The molecule has 1 aromatic carbocycles. The Balaban J connectivity index is 1.74. The molecule has 0 aromatic heterocycles. The normalized spacial score (nSPS) is 17.4. The van der Waals surface area contributed by atoms with Gasteiger partial charge in [0.15, 0.2) is 5.96 Å². The van der Waals surface area contributed by atoms with Crippen LogP contribution in [-0.4, -0.2) is 41.1 Å². The maximum absolute atomic E-state index is 12.1. The highest BCUT2D eigenvalue weighted by atomic mass is 32.2. The summed E-state index contributed by atoms with van der Waals surface area (Å²) in [6.45, 7) is 3.95. The molecule has 0 heterocycles. The second-order valence-electron chi connectivity index (χ2n) is 6.62. The van der Waals surface area contributed by atoms with Gasteiger partial charge in [0.25, 0.3) is 0 Å². The van der Waals surface area contributed by atoms with Crippen molar-refractivity contribution < 1.29 is 8.42 Å². The molecule has 1 saturated carbocycles. The van der Waals surface area contributed by atoms with Gasteiger partial charge in [-0.1, -0.05) is 38.0 Å². The van der Waals surface area contributed by atoms with Crippen molar-refractivity contribution in [2.45, 2.75) is 43.9 Å². The Labute approximate surface area is 151 Å². The highest BCUT2D eigenvalue weighted by molar-refractivity contribution is 7.89. The molecular formula is C18H30N4O2S. The number of hydrogen-bond donors (Lipinski definition) is 3. The number of rotatable bonds is 8. The van der Waals surface area contributed by atoms with E-state index in [1.54, 1.807) is 37.4 Å². The third-order valence-electron chi connectivity index (χ3n) is 5.03. The van der Waals surface area contributed by atoms with Crippen LogP contribution in [0.15, 0.2) is 40.2 Å². The molecule has 1 aromatic rings. The fourth-order valence-electron chi connectivity index (χ4n) is 3.32. The van der Waals surface area contributed by atoms with Gasteiger partial charge in [0.1, 0.15) is 0 Å². The molecule has 0 radical (unpaired) electrons. The molecule has 0 spiro atoms. The molecule has 25 heavy (non-hydrogen) atoms. The number of benzene rings is 1. The molecule has 2 rings (SSSR count). The van der Waals surface area contributed by atoms with Crippen LogP contribution in [0.5, 0.6) is 0 Å². The Morgan fingerprint density at radius 2 is 1.80 bits per heavy atom. The smallest absolute Gasteiger partial charge is 0.240 e. The third-order valence-corrected chi connectivity index (χ3v) is 6.51. The molecule has 1 aliphatic rings. The zero-order valence-electron chi connectivity index (χ0n) is 15.2. The second-order valence-corrected chi connectivity index (χ2v) is 8.39. The van der Waals surface area contributed by atoms with E-state index in [4.69, 9.17) is 0 Å². The minimum absolute atomic E-state index is 0.281. The highest BCUT2D eigenvalue weighted by Gasteiger charge is 2.31. The first-order chi connectivity index (χ1) is 12.0. The summed E-state index contributed by atoms with van der Waals surface area (Å²) in [5.74, 6) is 0.721. The number of sulfonamides is 1. The van der Waals surface area contributed by atoms with Crippen molar-refractivity contribution in [1.29, 1.82) is 0 Å². The van der Waals surface area contributed by atoms with Crippen LogP contribution in [0.3, 0.4) is 0 Å². The van der Waals surface area contributed by atoms with E-state index in [0.717, 1.165) is 12.5 Å². The predicted molar refractivity (Wildman–Crippen MR) is 102 cm³/mol. The number of guanidine groups is 1. The van der Waals surface area contributed by atoms with Crippen molar-refractivity contribution in [1.82, 2.24) is 15.4 Å². The molecular weight excluding hydrogens is 336 g/mol. The lowest BCUT2D eigenvalue weighted by atomic mass is 9.83. The Morgan fingerprint density at radius 3 is 2.40 bits per heavy atom. The lowest BCUT2D eigenvalue weighted by molar-refractivity contribution is 0.283. The summed E-state index contributed by atoms with van der Waals surface area (Å²) >= 11 is 0. The zero-order valence-corrected chi connectivity index (χ0v) is 16.0. The summed E-state index contributed by atoms with van der Waals surface area (Å²) in [7, 11) is -1.72. The quantitative estimate of drug-likeness (QED) is 0.374. The molecule has 0 bridgehead atoms. The topological polar surface area (TPSA) is 82.6 Å². The minimum Gasteiger partial charge on any atom is -0.356 e. The maximum atomic E-state index is 12.1. The summed E-state index contributed by atoms with van der Waals surface area (Å²) in [5.41, 5.74) is 0.381. The van der Waals surface area contributed by atoms with Crippen molar-refractivity contribution in [3.8, 4) is 0 Å². The Morgan fingerprint density at radius 1 is 1.12 bits per heavy atom. The van der Waals surface area contributed by atoms with Crippen LogP contribution in [0.2, 0.25) is 0 Å². The molecule has 0 aliphatic heterocycles. The van der Waals surface area contributed by atoms with Crippen LogP contribution in [-0.2, 0) is 10.0 Å². The van der Waals surface area contributed by atoms with E-state index in [0.29, 0.717) is 18.5 Å². The van der Waals surface area contributed by atoms with Crippen LogP contribution in [0.1, 0.15) is 39.0 Å². The van der Waals surface area contributed by atoms with Gasteiger partial charge in [-0.3, -0.25) is 4.99 Å². The monoisotopic (exact) mass is 366 g/mol. The standard InChI is InChI=1S/C18H30N4O2S/c1-3-18(11-7-8-12-18)15-21-17(19-2)20-13-14-22-25(23,24)16-9-5-4-6-10-16/h4-6,9-10,22H,3,7-8,11-15H2,1-2H3,(H2,19,20,21). The van der Waals surface area contributed by atoms with Gasteiger partial charge >= 0.3 is 0 Å². The van der Waals surface area contributed by atoms with Crippen molar-refractivity contribution in [2.24, 2.45) is 10.4 Å². The van der Waals surface area contributed by atoms with Gasteiger partial charge in [0.2, 0.25) is 10.0 Å². The number of nitrogens with zero attached hydrogens (tertiary/aromatic N) is 1. The molecule has 0 amide bonds. The lowest BCUT2D eigenvalue weighted by Crippen LogP contribution is -2.45. The van der Waals surface area contributed by atoms with Gasteiger partial charge in [-0.05, 0) is 36.8 Å². The van der Waals surface area contributed by atoms with Gasteiger partial charge in [-0.15, -0.1) is 0 Å². The predicted octanol–water partition coefficient (Wildman–Crippen LogP) is 2.10. The molecule has 3 N–H and O–H groups in total. The Bertz CT molecular complexity index is 653. The van der Waals surface area contributed by atoms with E-state index in [2.05, 4.69) is 27.3 Å². The van der Waals surface area contributed by atoms with E-state index >= 15 is 0 Å². The van der Waals surface area contributed by atoms with Crippen LogP contribution in [0.4, 0.5) is 0 Å². The van der Waals surface area contributed by atoms with E-state index < -0.39 is 10.0 Å². The average molecular weight is 367 g/mol. The molecule has 7 heteroatoms. The second kappa shape index (κ2) is 9.20. The summed E-state index contributed by atoms with van der Waals surface area (Å²) < 4.78 is 26.9. The zero-order chi connectivity index (χ0) is 18.2. The maximum Gasteiger partial charge on any atom is 0.240 e. The van der Waals surface area contributed by atoms with Gasteiger partial charge in [0, 0.05) is 26.7 Å². The lowest BCUT2D eigenvalue weighted by Gasteiger charge is -2.28. The molecule has 1 fully saturated rings. The van der Waals surface area contributed by atoms with Crippen LogP contribution in [0, 0.1) is 5.41 Å². The van der Waals surface area contributed by atoms with Crippen molar-refractivity contribution >= 4 is 16.0 Å². The first kappa shape index (κ1) is 19.7. The van der Waals surface area contributed by atoms with Crippen molar-refractivity contribution in [3.05, 3.63) is 30.3 Å². The Hall–Kier alpha value is -1.60. The van der Waals surface area contributed by atoms with Crippen LogP contribution in [0.25, 0.3) is 0 Å². The molecule has 140 valence electrons. The summed E-state index contributed by atoms with van der Waals surface area (Å²) in [6.07, 6.45) is 6.33. The minimum atomic E-state index is -3.45. The van der Waals surface area contributed by atoms with Crippen LogP contribution >= 0.6 is 0 Å². The number of hydrogen-bond acceptors (Lipinski definition) is 3. The van der Waals surface area contributed by atoms with Gasteiger partial charge in [0.05, 0.1) is 4.90 Å². The van der Waals surface area contributed by atoms with Crippen molar-refractivity contribution in [3.63, 3.8) is 0 Å². The molecule has 6 nitrogen and oxygen atoms in total. The Kier molecular flexibility index (Phi) is 7.25. The SMILES string of the molecule is CCC1(CNC(=NC)NCCNS(=O)(=O)c2ccccc2)CCCC1. The molecule has 1 aliphatic carbocycles. The van der Waals surface area contributed by atoms with Crippen molar-refractivity contribution in [2.75, 3.05) is 26.7 Å². The average Bonchev–Trinajstić information content (AvgIpc) is 3.11. The first-order valence-corrected chi connectivity index (χ1v) is 10.5. The van der Waals surface area contributed by atoms with Gasteiger partial charge < -0.3 is 10.6 Å². The summed E-state index contributed by atoms with van der Waals surface area (Å²) in [4.78, 5) is 4.50. The number of aliphatic imine (C=N–C) groups is 1. The van der Waals surface area contributed by atoms with Gasteiger partial charge in [-0.25, -0.2) is 13.1 Å². The molecule has 0 atom stereocenters. The summed E-state index contributed by atoms with van der Waals surface area (Å²) in [5, 5.41) is 6.56. The van der Waals surface area contributed by atoms with Crippen LogP contribution < -0.4 is 15.4 Å². The van der Waals surface area contributed by atoms with E-state index in [1.807, 2.05) is 0 Å². The molecule has 0 saturated heterocycles. The molecule has 0 unspecified atom stereocenters. The largest absolute Gasteiger partial charge is 0.356 e.